The minimum atomic E-state index is -0.923. The molecule has 0 unspecified atom stereocenters. The summed E-state index contributed by atoms with van der Waals surface area (Å²) in [5, 5.41) is 5.75. The normalized spacial score (nSPS) is 27.3. The van der Waals surface area contributed by atoms with Gasteiger partial charge in [0.1, 0.15) is 17.7 Å². The number of hydrogen-bond donors (Lipinski definition) is 2. The Labute approximate surface area is 215 Å². The summed E-state index contributed by atoms with van der Waals surface area (Å²) in [5.41, 5.74) is 6.38. The molecular formula is C26H34N6O3S. The van der Waals surface area contributed by atoms with E-state index < -0.39 is 5.41 Å². The molecule has 192 valence electrons. The van der Waals surface area contributed by atoms with Gasteiger partial charge in [-0.05, 0) is 65.5 Å². The van der Waals surface area contributed by atoms with E-state index >= 15 is 0 Å². The minimum Gasteiger partial charge on any atom is -0.473 e. The number of carbonyl (C=O) groups excluding carboxylic acids is 2. The SMILES string of the molecule is C[C@H](Oc1cc(Nc2nccs2)nc(C(N)=C2CCC[C@@]3(CCCCC3=O)C2=O)n1)[C@@H]1CCCN1C. The summed E-state index contributed by atoms with van der Waals surface area (Å²) < 4.78 is 6.29. The van der Waals surface area contributed by atoms with E-state index in [1.54, 1.807) is 12.3 Å². The van der Waals surface area contributed by atoms with Gasteiger partial charge in [-0.1, -0.05) is 6.42 Å². The standard InChI is InChI=1S/C26H34N6O3S/c1-16(18-8-6-13-32(18)2)35-21-15-20(30-25-28-12-14-36-25)29-24(31-21)22(27)17-7-5-11-26(23(17)34)10-4-3-9-19(26)33/h12,14-16,18H,3-11,13,27H2,1-2H3,(H,28,29,30,31)/t16-,18-,26+/m0/s1. The molecule has 0 bridgehead atoms. The Bertz CT molecular complexity index is 1160. The number of nitrogens with one attached hydrogen (secondary N) is 1. The summed E-state index contributed by atoms with van der Waals surface area (Å²) >= 11 is 1.45. The van der Waals surface area contributed by atoms with Gasteiger partial charge in [0.15, 0.2) is 16.7 Å². The molecule has 2 aromatic heterocycles. The molecule has 3 atom stereocenters. The van der Waals surface area contributed by atoms with Crippen molar-refractivity contribution < 1.29 is 14.3 Å². The Morgan fingerprint density at radius 1 is 1.22 bits per heavy atom. The lowest BCUT2D eigenvalue weighted by atomic mass is 9.62. The zero-order chi connectivity index (χ0) is 25.3. The van der Waals surface area contributed by atoms with Crippen LogP contribution < -0.4 is 15.8 Å². The van der Waals surface area contributed by atoms with Crippen molar-refractivity contribution in [1.82, 2.24) is 19.9 Å². The number of anilines is 2. The van der Waals surface area contributed by atoms with Crippen molar-refractivity contribution in [3.63, 3.8) is 0 Å². The zero-order valence-electron chi connectivity index (χ0n) is 21.0. The summed E-state index contributed by atoms with van der Waals surface area (Å²) in [5.74, 6) is 1.04. The van der Waals surface area contributed by atoms with Crippen molar-refractivity contribution in [3.8, 4) is 5.88 Å². The van der Waals surface area contributed by atoms with Crippen molar-refractivity contribution in [2.75, 3.05) is 18.9 Å². The molecule has 3 aliphatic rings. The highest BCUT2D eigenvalue weighted by atomic mass is 32.1. The monoisotopic (exact) mass is 510 g/mol. The lowest BCUT2D eigenvalue weighted by Crippen LogP contribution is -2.45. The van der Waals surface area contributed by atoms with E-state index in [4.69, 9.17) is 10.5 Å². The second-order valence-electron chi connectivity index (χ2n) is 10.2. The van der Waals surface area contributed by atoms with Crippen LogP contribution in [-0.2, 0) is 9.59 Å². The van der Waals surface area contributed by atoms with Crippen LogP contribution in [0.15, 0.2) is 23.2 Å². The Hall–Kier alpha value is -2.85. The number of likely N-dealkylation sites (N-methyl/N-ethyl adjacent to an activating group) is 1. The summed E-state index contributed by atoms with van der Waals surface area (Å²) in [4.78, 5) is 42.4. The van der Waals surface area contributed by atoms with Crippen LogP contribution in [0.4, 0.5) is 10.9 Å². The molecule has 5 rings (SSSR count). The molecule has 36 heavy (non-hydrogen) atoms. The minimum absolute atomic E-state index is 0.0578. The van der Waals surface area contributed by atoms with Crippen molar-refractivity contribution in [3.05, 3.63) is 29.0 Å². The van der Waals surface area contributed by atoms with Gasteiger partial charge in [-0.3, -0.25) is 14.5 Å². The molecule has 3 heterocycles. The van der Waals surface area contributed by atoms with Crippen LogP contribution in [0.2, 0.25) is 0 Å². The van der Waals surface area contributed by atoms with E-state index in [2.05, 4.69) is 32.2 Å². The number of hydrogen-bond acceptors (Lipinski definition) is 10. The predicted molar refractivity (Wildman–Crippen MR) is 139 cm³/mol. The third kappa shape index (κ3) is 4.76. The molecular weight excluding hydrogens is 476 g/mol. The first-order chi connectivity index (χ1) is 17.4. The quantitative estimate of drug-likeness (QED) is 0.437. The van der Waals surface area contributed by atoms with E-state index in [0.29, 0.717) is 54.1 Å². The first-order valence-electron chi connectivity index (χ1n) is 12.9. The first kappa shape index (κ1) is 24.8. The molecule has 1 spiro atoms. The fraction of sp³-hybridized carbons (Fsp3) is 0.577. The number of aromatic nitrogens is 3. The summed E-state index contributed by atoms with van der Waals surface area (Å²) in [7, 11) is 2.11. The van der Waals surface area contributed by atoms with Gasteiger partial charge in [-0.25, -0.2) is 9.97 Å². The van der Waals surface area contributed by atoms with Crippen LogP contribution in [-0.4, -0.2) is 57.2 Å². The Morgan fingerprint density at radius 2 is 2.06 bits per heavy atom. The van der Waals surface area contributed by atoms with Crippen molar-refractivity contribution >= 4 is 39.5 Å². The smallest absolute Gasteiger partial charge is 0.219 e. The second kappa shape index (κ2) is 10.3. The predicted octanol–water partition coefficient (Wildman–Crippen LogP) is 4.09. The molecule has 0 radical (unpaired) electrons. The van der Waals surface area contributed by atoms with Gasteiger partial charge in [0, 0.05) is 35.7 Å². The maximum atomic E-state index is 13.7. The van der Waals surface area contributed by atoms with Crippen LogP contribution in [0, 0.1) is 5.41 Å². The number of likely N-dealkylation sites (tertiary alicyclic amines) is 1. The van der Waals surface area contributed by atoms with Crippen molar-refractivity contribution in [2.45, 2.75) is 76.9 Å². The first-order valence-corrected chi connectivity index (χ1v) is 13.7. The lowest BCUT2D eigenvalue weighted by Gasteiger charge is -2.38. The Kier molecular flexibility index (Phi) is 7.07. The van der Waals surface area contributed by atoms with Crippen molar-refractivity contribution in [1.29, 1.82) is 0 Å². The number of ketones is 2. The molecule has 2 aliphatic carbocycles. The molecule has 2 saturated carbocycles. The lowest BCUT2D eigenvalue weighted by molar-refractivity contribution is -0.143. The molecule has 1 saturated heterocycles. The summed E-state index contributed by atoms with van der Waals surface area (Å²) in [6.07, 6.45) is 8.52. The number of ether oxygens (including phenoxy) is 1. The molecule has 9 nitrogen and oxygen atoms in total. The maximum Gasteiger partial charge on any atom is 0.219 e. The van der Waals surface area contributed by atoms with E-state index in [0.717, 1.165) is 38.6 Å². The molecule has 10 heteroatoms. The van der Waals surface area contributed by atoms with Gasteiger partial charge >= 0.3 is 0 Å². The number of nitrogens with two attached hydrogens (primary N) is 1. The van der Waals surface area contributed by atoms with Crippen LogP contribution in [0.3, 0.4) is 0 Å². The highest BCUT2D eigenvalue weighted by Crippen LogP contribution is 2.45. The molecule has 2 aromatic rings. The third-order valence-corrected chi connectivity index (χ3v) is 8.58. The topological polar surface area (TPSA) is 123 Å². The molecule has 3 fully saturated rings. The van der Waals surface area contributed by atoms with Gasteiger partial charge in [0.05, 0.1) is 11.1 Å². The third-order valence-electron chi connectivity index (χ3n) is 7.89. The fourth-order valence-corrected chi connectivity index (χ4v) is 6.47. The van der Waals surface area contributed by atoms with E-state index in [1.807, 2.05) is 12.3 Å². The van der Waals surface area contributed by atoms with Crippen LogP contribution >= 0.6 is 11.3 Å². The van der Waals surface area contributed by atoms with E-state index in [9.17, 15) is 9.59 Å². The number of rotatable bonds is 6. The van der Waals surface area contributed by atoms with Gasteiger partial charge in [0.25, 0.3) is 0 Å². The average molecular weight is 511 g/mol. The Balaban J connectivity index is 1.49. The molecule has 0 aromatic carbocycles. The number of nitrogens with zero attached hydrogens (tertiary/aromatic N) is 4. The second-order valence-corrected chi connectivity index (χ2v) is 11.1. The zero-order valence-corrected chi connectivity index (χ0v) is 21.8. The largest absolute Gasteiger partial charge is 0.473 e. The maximum absolute atomic E-state index is 13.7. The highest BCUT2D eigenvalue weighted by molar-refractivity contribution is 7.13. The number of thiazole rings is 1. The van der Waals surface area contributed by atoms with Crippen LogP contribution in [0.5, 0.6) is 5.88 Å². The molecule has 3 N–H and O–H groups in total. The van der Waals surface area contributed by atoms with E-state index in [1.165, 1.54) is 11.3 Å². The highest BCUT2D eigenvalue weighted by Gasteiger charge is 2.49. The average Bonchev–Trinajstić information content (AvgIpc) is 3.53. The molecule has 0 amide bonds. The van der Waals surface area contributed by atoms with Crippen LogP contribution in [0.1, 0.15) is 70.5 Å². The van der Waals surface area contributed by atoms with Gasteiger partial charge in [-0.15, -0.1) is 11.3 Å². The number of allylic oxidation sites excluding steroid dienone is 1. The van der Waals surface area contributed by atoms with Gasteiger partial charge in [-0.2, -0.15) is 4.98 Å². The number of Topliss-reactive ketones (excluding diaryl/α,β-unsaturated/α-hetero) is 2. The summed E-state index contributed by atoms with van der Waals surface area (Å²) in [6.45, 7) is 3.10. The van der Waals surface area contributed by atoms with E-state index in [-0.39, 0.29) is 29.2 Å². The Morgan fingerprint density at radius 3 is 2.78 bits per heavy atom. The van der Waals surface area contributed by atoms with Gasteiger partial charge in [0.2, 0.25) is 5.88 Å². The molecule has 1 aliphatic heterocycles. The fourth-order valence-electron chi connectivity index (χ4n) is 5.93. The van der Waals surface area contributed by atoms with Crippen LogP contribution in [0.25, 0.3) is 5.70 Å². The van der Waals surface area contributed by atoms with Crippen molar-refractivity contribution in [2.24, 2.45) is 11.1 Å². The number of carbonyl (C=O) groups is 2. The van der Waals surface area contributed by atoms with Gasteiger partial charge < -0.3 is 15.8 Å². The summed E-state index contributed by atoms with van der Waals surface area (Å²) in [6, 6.07) is 2.04.